The predicted octanol–water partition coefficient (Wildman–Crippen LogP) is 2.09. The fourth-order valence-corrected chi connectivity index (χ4v) is 1.46. The molecule has 0 fully saturated rings. The number of rotatable bonds is 3. The van der Waals surface area contributed by atoms with Crippen LogP contribution < -0.4 is 5.32 Å². The average Bonchev–Trinajstić information content (AvgIpc) is 2.65. The molecule has 0 bridgehead atoms. The van der Waals surface area contributed by atoms with E-state index in [2.05, 4.69) is 22.9 Å². The van der Waals surface area contributed by atoms with E-state index < -0.39 is 0 Å². The molecule has 0 saturated heterocycles. The van der Waals surface area contributed by atoms with E-state index in [9.17, 15) is 4.79 Å². The van der Waals surface area contributed by atoms with Crippen molar-refractivity contribution < 1.29 is 9.21 Å². The van der Waals surface area contributed by atoms with Gasteiger partial charge in [0.2, 0.25) is 5.91 Å². The lowest BCUT2D eigenvalue weighted by Gasteiger charge is -2.02. The molecule has 78 valence electrons. The Bertz CT molecular complexity index is 481. The van der Waals surface area contributed by atoms with Gasteiger partial charge >= 0.3 is 0 Å². The van der Waals surface area contributed by atoms with Crippen LogP contribution in [0.25, 0.3) is 11.1 Å². The molecule has 2 aromatic rings. The second-order valence-corrected chi connectivity index (χ2v) is 3.50. The maximum atomic E-state index is 11.3. The van der Waals surface area contributed by atoms with Crippen LogP contribution in [0.2, 0.25) is 0 Å². The minimum atomic E-state index is -0.0520. The molecule has 0 unspecified atom stereocenters. The molecule has 0 atom stereocenters. The Labute approximate surface area is 92.1 Å². The van der Waals surface area contributed by atoms with Crippen molar-refractivity contribution in [3.05, 3.63) is 24.6 Å². The summed E-state index contributed by atoms with van der Waals surface area (Å²) in [6, 6.07) is 5.34. The quantitative estimate of drug-likeness (QED) is 0.782. The number of carbonyl (C=O) groups excluding carboxylic acids is 1. The summed E-state index contributed by atoms with van der Waals surface area (Å²) in [6.07, 6.45) is 1.78. The Balaban J connectivity index is 2.17. The van der Waals surface area contributed by atoms with E-state index in [4.69, 9.17) is 4.42 Å². The normalized spacial score (nSPS) is 10.5. The van der Waals surface area contributed by atoms with Crippen molar-refractivity contribution in [2.45, 2.75) is 6.42 Å². The van der Waals surface area contributed by atoms with Crippen molar-refractivity contribution in [1.29, 1.82) is 0 Å². The van der Waals surface area contributed by atoms with E-state index in [0.29, 0.717) is 23.4 Å². The summed E-state index contributed by atoms with van der Waals surface area (Å²) in [4.78, 5) is 15.3. The number of fused-ring (bicyclic) bond motifs is 1. The maximum absolute atomic E-state index is 11.3. The fourth-order valence-electron chi connectivity index (χ4n) is 1.26. The summed E-state index contributed by atoms with van der Waals surface area (Å²) in [5, 5.41) is 2.75. The fraction of sp³-hybridized carbons (Fsp3) is 0.200. The predicted molar refractivity (Wildman–Crippen MR) is 61.1 cm³/mol. The topological polar surface area (TPSA) is 55.1 Å². The lowest BCUT2D eigenvalue weighted by atomic mass is 10.3. The van der Waals surface area contributed by atoms with E-state index >= 15 is 0 Å². The summed E-state index contributed by atoms with van der Waals surface area (Å²) in [5.41, 5.74) is 2.16. The van der Waals surface area contributed by atoms with Gasteiger partial charge in [0.15, 0.2) is 12.0 Å². The molecule has 1 aromatic heterocycles. The third kappa shape index (κ3) is 2.30. The van der Waals surface area contributed by atoms with E-state index in [1.165, 1.54) is 6.39 Å². The number of aromatic nitrogens is 1. The number of amides is 1. The highest BCUT2D eigenvalue weighted by Gasteiger charge is 2.03. The molecule has 1 amide bonds. The molecule has 4 nitrogen and oxygen atoms in total. The summed E-state index contributed by atoms with van der Waals surface area (Å²) in [6.45, 7) is 0. The van der Waals surface area contributed by atoms with Gasteiger partial charge in [0.25, 0.3) is 0 Å². The van der Waals surface area contributed by atoms with Crippen LogP contribution >= 0.6 is 12.6 Å². The first-order chi connectivity index (χ1) is 7.29. The van der Waals surface area contributed by atoms with Crippen molar-refractivity contribution >= 4 is 35.3 Å². The first kappa shape index (κ1) is 10.0. The smallest absolute Gasteiger partial charge is 0.225 e. The molecule has 0 spiro atoms. The van der Waals surface area contributed by atoms with Gasteiger partial charge in [0.05, 0.1) is 0 Å². The van der Waals surface area contributed by atoms with Crippen molar-refractivity contribution in [3.8, 4) is 0 Å². The number of carbonyl (C=O) groups is 1. The second kappa shape index (κ2) is 4.35. The minimum absolute atomic E-state index is 0.0520. The number of thiol groups is 1. The lowest BCUT2D eigenvalue weighted by Crippen LogP contribution is -2.11. The van der Waals surface area contributed by atoms with E-state index in [1.807, 2.05) is 0 Å². The number of hydrogen-bond acceptors (Lipinski definition) is 4. The molecule has 2 rings (SSSR count). The molecular formula is C10H10N2O2S. The monoisotopic (exact) mass is 222 g/mol. The van der Waals surface area contributed by atoms with Crippen LogP contribution in [0.1, 0.15) is 6.42 Å². The SMILES string of the molecule is O=C(CCS)Nc1ccc2ncoc2c1. The van der Waals surface area contributed by atoms with Crippen molar-refractivity contribution in [2.75, 3.05) is 11.1 Å². The third-order valence-corrected chi connectivity index (χ3v) is 2.18. The van der Waals surface area contributed by atoms with E-state index in [1.54, 1.807) is 18.2 Å². The van der Waals surface area contributed by atoms with Gasteiger partial charge in [-0.3, -0.25) is 4.79 Å². The molecule has 0 aliphatic carbocycles. The molecule has 1 heterocycles. The van der Waals surface area contributed by atoms with E-state index in [-0.39, 0.29) is 5.91 Å². The van der Waals surface area contributed by atoms with Crippen molar-refractivity contribution in [3.63, 3.8) is 0 Å². The average molecular weight is 222 g/mol. The zero-order valence-corrected chi connectivity index (χ0v) is 8.83. The number of anilines is 1. The summed E-state index contributed by atoms with van der Waals surface area (Å²) < 4.78 is 5.12. The van der Waals surface area contributed by atoms with Gasteiger partial charge in [-0.05, 0) is 17.9 Å². The van der Waals surface area contributed by atoms with Gasteiger partial charge in [-0.2, -0.15) is 12.6 Å². The standard InChI is InChI=1S/C10H10N2O2S/c13-10(3-4-15)12-7-1-2-8-9(5-7)14-6-11-8/h1-2,5-6,15H,3-4H2,(H,12,13). The largest absolute Gasteiger partial charge is 0.443 e. The summed E-state index contributed by atoms with van der Waals surface area (Å²) in [5.74, 6) is 0.486. The van der Waals surface area contributed by atoms with Gasteiger partial charge in [0.1, 0.15) is 5.52 Å². The molecule has 0 aliphatic rings. The van der Waals surface area contributed by atoms with Crippen LogP contribution in [-0.4, -0.2) is 16.6 Å². The first-order valence-electron chi connectivity index (χ1n) is 4.53. The van der Waals surface area contributed by atoms with Crippen LogP contribution in [0.3, 0.4) is 0 Å². The van der Waals surface area contributed by atoms with Crippen molar-refractivity contribution in [2.24, 2.45) is 0 Å². The molecular weight excluding hydrogens is 212 g/mol. The summed E-state index contributed by atoms with van der Waals surface area (Å²) >= 11 is 3.99. The highest BCUT2D eigenvalue weighted by atomic mass is 32.1. The second-order valence-electron chi connectivity index (χ2n) is 3.06. The number of nitrogens with zero attached hydrogens (tertiary/aromatic N) is 1. The zero-order chi connectivity index (χ0) is 10.7. The van der Waals surface area contributed by atoms with Gasteiger partial charge in [-0.15, -0.1) is 0 Å². The van der Waals surface area contributed by atoms with E-state index in [0.717, 1.165) is 5.52 Å². The molecule has 1 aromatic carbocycles. The number of benzene rings is 1. The lowest BCUT2D eigenvalue weighted by molar-refractivity contribution is -0.115. The third-order valence-electron chi connectivity index (χ3n) is 1.95. The molecule has 5 heteroatoms. The van der Waals surface area contributed by atoms with Crippen LogP contribution in [0.4, 0.5) is 5.69 Å². The van der Waals surface area contributed by atoms with Gasteiger partial charge < -0.3 is 9.73 Å². The number of oxazole rings is 1. The molecule has 0 saturated carbocycles. The number of hydrogen-bond donors (Lipinski definition) is 2. The van der Waals surface area contributed by atoms with Gasteiger partial charge in [-0.25, -0.2) is 4.98 Å². The molecule has 1 N–H and O–H groups in total. The van der Waals surface area contributed by atoms with Gasteiger partial charge in [-0.1, -0.05) is 0 Å². The highest BCUT2D eigenvalue weighted by molar-refractivity contribution is 7.80. The first-order valence-corrected chi connectivity index (χ1v) is 5.17. The van der Waals surface area contributed by atoms with Crippen LogP contribution in [0, 0.1) is 0 Å². The zero-order valence-electron chi connectivity index (χ0n) is 7.93. The molecule has 15 heavy (non-hydrogen) atoms. The van der Waals surface area contributed by atoms with Crippen LogP contribution in [0.15, 0.2) is 29.0 Å². The summed E-state index contributed by atoms with van der Waals surface area (Å²) in [7, 11) is 0. The Morgan fingerprint density at radius 1 is 1.53 bits per heavy atom. The highest BCUT2D eigenvalue weighted by Crippen LogP contribution is 2.17. The van der Waals surface area contributed by atoms with Crippen LogP contribution in [0.5, 0.6) is 0 Å². The minimum Gasteiger partial charge on any atom is -0.443 e. The van der Waals surface area contributed by atoms with Gasteiger partial charge in [0, 0.05) is 18.2 Å². The van der Waals surface area contributed by atoms with Crippen LogP contribution in [-0.2, 0) is 4.79 Å². The maximum Gasteiger partial charge on any atom is 0.225 e. The number of nitrogens with one attached hydrogen (secondary N) is 1. The Morgan fingerprint density at radius 3 is 3.20 bits per heavy atom. The Hall–Kier alpha value is -1.49. The Kier molecular flexibility index (Phi) is 2.91. The van der Waals surface area contributed by atoms with Crippen molar-refractivity contribution in [1.82, 2.24) is 4.98 Å². The molecule has 0 aliphatic heterocycles. The molecule has 0 radical (unpaired) electrons. The Morgan fingerprint density at radius 2 is 2.40 bits per heavy atom.